The zero-order chi connectivity index (χ0) is 20.1. The number of rotatable bonds is 6. The van der Waals surface area contributed by atoms with Crippen LogP contribution in [0.4, 0.5) is 4.79 Å². The largest absolute Gasteiger partial charge is 0.497 e. The third-order valence-corrected chi connectivity index (χ3v) is 5.89. The molecule has 154 valence electrons. The van der Waals surface area contributed by atoms with E-state index in [1.54, 1.807) is 7.11 Å². The summed E-state index contributed by atoms with van der Waals surface area (Å²) in [4.78, 5) is 12.4. The summed E-state index contributed by atoms with van der Waals surface area (Å²) in [7, 11) is 1.64. The monoisotopic (exact) mass is 396 g/mol. The first kappa shape index (κ1) is 19.4. The molecule has 2 amide bonds. The molecular formula is C23H28N2O4. The number of ether oxygens (including phenoxy) is 3. The second kappa shape index (κ2) is 8.64. The van der Waals surface area contributed by atoms with Crippen LogP contribution in [0.5, 0.6) is 17.2 Å². The Kier molecular flexibility index (Phi) is 5.79. The van der Waals surface area contributed by atoms with Crippen LogP contribution in [0.3, 0.4) is 0 Å². The quantitative estimate of drug-likeness (QED) is 0.780. The van der Waals surface area contributed by atoms with Gasteiger partial charge in [-0.25, -0.2) is 4.79 Å². The minimum absolute atomic E-state index is 0.0524. The number of carbonyl (C=O) groups is 1. The molecule has 6 nitrogen and oxygen atoms in total. The highest BCUT2D eigenvalue weighted by Crippen LogP contribution is 2.43. The standard InChI is InChI=1S/C23H28N2O4/c1-27-19-6-4-5-17(13-19)15-24-22(26)25-16-23(9-2-3-10-23)18-7-8-20-21(14-18)29-12-11-28-20/h4-8,13-14H,2-3,9-12,15-16H2,1H3,(H2,24,25,26). The Morgan fingerprint density at radius 3 is 2.62 bits per heavy atom. The second-order valence-electron chi connectivity index (χ2n) is 7.73. The van der Waals surface area contributed by atoms with Gasteiger partial charge in [-0.1, -0.05) is 31.0 Å². The van der Waals surface area contributed by atoms with Crippen LogP contribution >= 0.6 is 0 Å². The van der Waals surface area contributed by atoms with Gasteiger partial charge in [0.05, 0.1) is 7.11 Å². The molecule has 1 fully saturated rings. The van der Waals surface area contributed by atoms with Gasteiger partial charge in [0, 0.05) is 18.5 Å². The molecule has 2 N–H and O–H groups in total. The number of carbonyl (C=O) groups excluding carboxylic acids is 1. The highest BCUT2D eigenvalue weighted by molar-refractivity contribution is 5.74. The van der Waals surface area contributed by atoms with Crippen LogP contribution in [0.2, 0.25) is 0 Å². The van der Waals surface area contributed by atoms with Gasteiger partial charge in [-0.2, -0.15) is 0 Å². The molecule has 0 aromatic heterocycles. The Morgan fingerprint density at radius 2 is 1.83 bits per heavy atom. The normalized spacial score (nSPS) is 16.9. The van der Waals surface area contributed by atoms with E-state index in [1.165, 1.54) is 18.4 Å². The van der Waals surface area contributed by atoms with E-state index in [0.717, 1.165) is 35.7 Å². The van der Waals surface area contributed by atoms with Crippen LogP contribution in [0, 0.1) is 0 Å². The first-order valence-corrected chi connectivity index (χ1v) is 10.2. The maximum atomic E-state index is 12.4. The maximum Gasteiger partial charge on any atom is 0.315 e. The minimum Gasteiger partial charge on any atom is -0.497 e. The molecule has 0 unspecified atom stereocenters. The molecule has 4 rings (SSSR count). The number of nitrogens with one attached hydrogen (secondary N) is 2. The Morgan fingerprint density at radius 1 is 1.03 bits per heavy atom. The van der Waals surface area contributed by atoms with Gasteiger partial charge in [-0.15, -0.1) is 0 Å². The number of hydrogen-bond donors (Lipinski definition) is 2. The van der Waals surface area contributed by atoms with Gasteiger partial charge in [0.2, 0.25) is 0 Å². The zero-order valence-electron chi connectivity index (χ0n) is 16.8. The van der Waals surface area contributed by atoms with Crippen LogP contribution in [-0.4, -0.2) is 32.9 Å². The van der Waals surface area contributed by atoms with Crippen LogP contribution in [-0.2, 0) is 12.0 Å². The van der Waals surface area contributed by atoms with Crippen molar-refractivity contribution in [2.45, 2.75) is 37.6 Å². The molecule has 0 atom stereocenters. The van der Waals surface area contributed by atoms with Crippen LogP contribution in [0.1, 0.15) is 36.8 Å². The van der Waals surface area contributed by atoms with Crippen LogP contribution in [0.15, 0.2) is 42.5 Å². The van der Waals surface area contributed by atoms with Crippen molar-refractivity contribution in [1.82, 2.24) is 10.6 Å². The Bertz CT molecular complexity index is 862. The van der Waals surface area contributed by atoms with Crippen LogP contribution in [0.25, 0.3) is 0 Å². The second-order valence-corrected chi connectivity index (χ2v) is 7.73. The van der Waals surface area contributed by atoms with Gasteiger partial charge in [0.1, 0.15) is 19.0 Å². The lowest BCUT2D eigenvalue weighted by Crippen LogP contribution is -2.43. The van der Waals surface area contributed by atoms with Crippen molar-refractivity contribution in [3.63, 3.8) is 0 Å². The highest BCUT2D eigenvalue weighted by Gasteiger charge is 2.36. The van der Waals surface area contributed by atoms with Crippen molar-refractivity contribution in [1.29, 1.82) is 0 Å². The topological polar surface area (TPSA) is 68.8 Å². The fourth-order valence-electron chi connectivity index (χ4n) is 4.27. The van der Waals surface area contributed by atoms with Crippen LogP contribution < -0.4 is 24.8 Å². The molecular weight excluding hydrogens is 368 g/mol. The molecule has 1 aliphatic carbocycles. The summed E-state index contributed by atoms with van der Waals surface area (Å²) < 4.78 is 16.6. The van der Waals surface area contributed by atoms with E-state index in [2.05, 4.69) is 22.8 Å². The van der Waals surface area contributed by atoms with E-state index in [1.807, 2.05) is 30.3 Å². The first-order chi connectivity index (χ1) is 14.2. The molecule has 2 aromatic carbocycles. The molecule has 1 saturated carbocycles. The van der Waals surface area contributed by atoms with Gasteiger partial charge < -0.3 is 24.8 Å². The predicted octanol–water partition coefficient (Wildman–Crippen LogP) is 3.78. The number of hydrogen-bond acceptors (Lipinski definition) is 4. The Balaban J connectivity index is 1.39. The van der Waals surface area contributed by atoms with Crippen molar-refractivity contribution in [3.8, 4) is 17.2 Å². The fraction of sp³-hybridized carbons (Fsp3) is 0.435. The smallest absolute Gasteiger partial charge is 0.315 e. The number of benzene rings is 2. The summed E-state index contributed by atoms with van der Waals surface area (Å²) in [5, 5.41) is 6.03. The highest BCUT2D eigenvalue weighted by atomic mass is 16.6. The molecule has 0 spiro atoms. The SMILES string of the molecule is COc1cccc(CNC(=O)NCC2(c3ccc4c(c3)OCCO4)CCCC2)c1. The van der Waals surface area contributed by atoms with Crippen molar-refractivity contribution in [2.75, 3.05) is 26.9 Å². The average molecular weight is 396 g/mol. The third kappa shape index (κ3) is 4.42. The third-order valence-electron chi connectivity index (χ3n) is 5.89. The molecule has 0 bridgehead atoms. The lowest BCUT2D eigenvalue weighted by molar-refractivity contribution is 0.171. The molecule has 0 saturated heterocycles. The zero-order valence-corrected chi connectivity index (χ0v) is 16.8. The van der Waals surface area contributed by atoms with E-state index >= 15 is 0 Å². The summed E-state index contributed by atoms with van der Waals surface area (Å²) in [5.74, 6) is 2.40. The van der Waals surface area contributed by atoms with Crippen molar-refractivity contribution < 1.29 is 19.0 Å². The average Bonchev–Trinajstić information content (AvgIpc) is 3.26. The summed E-state index contributed by atoms with van der Waals surface area (Å²) in [6.45, 7) is 2.23. The molecule has 0 radical (unpaired) electrons. The van der Waals surface area contributed by atoms with E-state index in [-0.39, 0.29) is 11.4 Å². The van der Waals surface area contributed by atoms with Gasteiger partial charge in [-0.05, 0) is 48.2 Å². The van der Waals surface area contributed by atoms with E-state index in [4.69, 9.17) is 14.2 Å². The first-order valence-electron chi connectivity index (χ1n) is 10.2. The lowest BCUT2D eigenvalue weighted by atomic mass is 9.78. The summed E-state index contributed by atoms with van der Waals surface area (Å²) in [5.41, 5.74) is 2.16. The number of fused-ring (bicyclic) bond motifs is 1. The van der Waals surface area contributed by atoms with Crippen molar-refractivity contribution >= 4 is 6.03 Å². The number of amides is 2. The fourth-order valence-corrected chi connectivity index (χ4v) is 4.27. The summed E-state index contributed by atoms with van der Waals surface area (Å²) >= 11 is 0. The molecule has 6 heteroatoms. The van der Waals surface area contributed by atoms with Gasteiger partial charge in [-0.3, -0.25) is 0 Å². The number of urea groups is 1. The maximum absolute atomic E-state index is 12.4. The predicted molar refractivity (Wildman–Crippen MR) is 111 cm³/mol. The van der Waals surface area contributed by atoms with Crippen molar-refractivity contribution in [3.05, 3.63) is 53.6 Å². The van der Waals surface area contributed by atoms with E-state index in [9.17, 15) is 4.79 Å². The molecule has 29 heavy (non-hydrogen) atoms. The number of methoxy groups -OCH3 is 1. The van der Waals surface area contributed by atoms with Crippen molar-refractivity contribution in [2.24, 2.45) is 0 Å². The summed E-state index contributed by atoms with van der Waals surface area (Å²) in [6, 6.07) is 13.8. The van der Waals surface area contributed by atoms with Gasteiger partial charge in [0.15, 0.2) is 11.5 Å². The molecule has 2 aromatic rings. The Labute approximate surface area is 171 Å². The van der Waals surface area contributed by atoms with E-state index < -0.39 is 0 Å². The Hall–Kier alpha value is -2.89. The molecule has 1 heterocycles. The minimum atomic E-state index is -0.156. The molecule has 2 aliphatic rings. The lowest BCUT2D eigenvalue weighted by Gasteiger charge is -2.31. The van der Waals surface area contributed by atoms with E-state index in [0.29, 0.717) is 26.3 Å². The summed E-state index contributed by atoms with van der Waals surface area (Å²) in [6.07, 6.45) is 4.45. The van der Waals surface area contributed by atoms with Gasteiger partial charge >= 0.3 is 6.03 Å². The molecule has 1 aliphatic heterocycles. The van der Waals surface area contributed by atoms with Gasteiger partial charge in [0.25, 0.3) is 0 Å².